The molecule has 0 aliphatic carbocycles. The van der Waals surface area contributed by atoms with E-state index in [0.29, 0.717) is 0 Å². The molecule has 7 nitrogen and oxygen atoms in total. The zero-order valence-electron chi connectivity index (χ0n) is 10.8. The van der Waals surface area contributed by atoms with Crippen molar-refractivity contribution < 1.29 is 23.9 Å². The highest BCUT2D eigenvalue weighted by Gasteiger charge is 2.18. The van der Waals surface area contributed by atoms with E-state index in [1.165, 1.54) is 18.4 Å². The molecule has 20 heavy (non-hydrogen) atoms. The van der Waals surface area contributed by atoms with Crippen molar-refractivity contribution in [2.45, 2.75) is 18.9 Å². The molecule has 3 N–H and O–H groups in total. The summed E-state index contributed by atoms with van der Waals surface area (Å²) < 4.78 is 4.88. The van der Waals surface area contributed by atoms with Gasteiger partial charge in [-0.05, 0) is 18.6 Å². The van der Waals surface area contributed by atoms with Gasteiger partial charge in [0.1, 0.15) is 6.04 Å². The molecule has 0 saturated carbocycles. The molecule has 0 aliphatic heterocycles. The van der Waals surface area contributed by atoms with Crippen LogP contribution in [0.25, 0.3) is 0 Å². The summed E-state index contributed by atoms with van der Waals surface area (Å²) in [5.74, 6) is -1.86. The van der Waals surface area contributed by atoms with Gasteiger partial charge in [0.25, 0.3) is 5.91 Å². The van der Waals surface area contributed by atoms with E-state index in [4.69, 9.17) is 9.52 Å². The molecular weight excluding hydrogens is 264 g/mol. The van der Waals surface area contributed by atoms with E-state index in [0.717, 1.165) is 0 Å². The van der Waals surface area contributed by atoms with Crippen molar-refractivity contribution >= 4 is 17.8 Å². The average Bonchev–Trinajstić information content (AvgIpc) is 2.91. The number of carbonyl (C=O) groups is 3. The number of furan rings is 1. The first-order valence-electron chi connectivity index (χ1n) is 5.99. The zero-order chi connectivity index (χ0) is 15.0. The summed E-state index contributed by atoms with van der Waals surface area (Å²) in [4.78, 5) is 33.8. The second-order valence-corrected chi connectivity index (χ2v) is 3.97. The molecule has 0 radical (unpaired) electrons. The van der Waals surface area contributed by atoms with Crippen LogP contribution >= 0.6 is 0 Å². The maximum Gasteiger partial charge on any atom is 0.326 e. The lowest BCUT2D eigenvalue weighted by molar-refractivity contribution is -0.141. The van der Waals surface area contributed by atoms with E-state index in [-0.39, 0.29) is 25.1 Å². The van der Waals surface area contributed by atoms with Gasteiger partial charge in [-0.2, -0.15) is 0 Å². The van der Waals surface area contributed by atoms with Crippen LogP contribution in [0.15, 0.2) is 35.5 Å². The highest BCUT2D eigenvalue weighted by molar-refractivity contribution is 5.91. The Hall–Kier alpha value is -2.57. The fraction of sp³-hybridized carbons (Fsp3) is 0.308. The highest BCUT2D eigenvalue weighted by Crippen LogP contribution is 1.99. The minimum absolute atomic E-state index is 0.0205. The first kappa shape index (κ1) is 15.5. The van der Waals surface area contributed by atoms with Gasteiger partial charge in [0.15, 0.2) is 5.76 Å². The summed E-state index contributed by atoms with van der Waals surface area (Å²) >= 11 is 0. The summed E-state index contributed by atoms with van der Waals surface area (Å²) in [7, 11) is 0. The Balaban J connectivity index is 2.31. The first-order valence-corrected chi connectivity index (χ1v) is 5.99. The maximum atomic E-state index is 11.5. The fourth-order valence-electron chi connectivity index (χ4n) is 1.44. The second-order valence-electron chi connectivity index (χ2n) is 3.97. The molecule has 2 amide bonds. The summed E-state index contributed by atoms with van der Waals surface area (Å²) in [6.07, 6.45) is 2.90. The van der Waals surface area contributed by atoms with Gasteiger partial charge in [0.2, 0.25) is 5.91 Å². The Morgan fingerprint density at radius 2 is 2.20 bits per heavy atom. The van der Waals surface area contributed by atoms with E-state index in [1.54, 1.807) is 6.07 Å². The van der Waals surface area contributed by atoms with Crippen LogP contribution in [0, 0.1) is 0 Å². The van der Waals surface area contributed by atoms with Crippen molar-refractivity contribution in [3.63, 3.8) is 0 Å². The Kier molecular flexibility index (Phi) is 6.02. The molecule has 1 rings (SSSR count). The molecule has 1 unspecified atom stereocenters. The summed E-state index contributed by atoms with van der Waals surface area (Å²) in [6, 6.07) is 2.08. The van der Waals surface area contributed by atoms with E-state index in [2.05, 4.69) is 17.2 Å². The molecule has 108 valence electrons. The summed E-state index contributed by atoms with van der Waals surface area (Å²) in [5.41, 5.74) is 0. The Morgan fingerprint density at radius 1 is 1.45 bits per heavy atom. The predicted molar refractivity (Wildman–Crippen MR) is 70.0 cm³/mol. The third kappa shape index (κ3) is 4.97. The van der Waals surface area contributed by atoms with E-state index >= 15 is 0 Å². The van der Waals surface area contributed by atoms with Crippen LogP contribution < -0.4 is 10.6 Å². The van der Waals surface area contributed by atoms with Crippen LogP contribution in [-0.2, 0) is 9.59 Å². The van der Waals surface area contributed by atoms with Crippen molar-refractivity contribution in [3.8, 4) is 0 Å². The number of hydrogen-bond donors (Lipinski definition) is 3. The third-order valence-corrected chi connectivity index (χ3v) is 2.42. The molecule has 0 fully saturated rings. The summed E-state index contributed by atoms with van der Waals surface area (Å²) in [5, 5.41) is 13.7. The van der Waals surface area contributed by atoms with Crippen molar-refractivity contribution in [2.75, 3.05) is 6.54 Å². The number of aliphatic carboxylic acids is 1. The van der Waals surface area contributed by atoms with Gasteiger partial charge in [-0.3, -0.25) is 9.59 Å². The summed E-state index contributed by atoms with van der Waals surface area (Å²) in [6.45, 7) is 3.51. The minimum Gasteiger partial charge on any atom is -0.480 e. The van der Waals surface area contributed by atoms with Crippen LogP contribution in [0.3, 0.4) is 0 Å². The van der Waals surface area contributed by atoms with Crippen LogP contribution in [0.4, 0.5) is 0 Å². The normalized spacial score (nSPS) is 11.4. The standard InChI is InChI=1S/C13H16N2O5/c1-2-4-9(13(18)19)15-11(16)6-7-14-12(17)10-5-3-8-20-10/h2-3,5,8-9H,1,4,6-7H2,(H,14,17)(H,15,16)(H,18,19). The van der Waals surface area contributed by atoms with Crippen molar-refractivity contribution in [1.82, 2.24) is 10.6 Å². The third-order valence-electron chi connectivity index (χ3n) is 2.42. The molecule has 1 aromatic rings. The van der Waals surface area contributed by atoms with Crippen molar-refractivity contribution in [1.29, 1.82) is 0 Å². The van der Waals surface area contributed by atoms with Crippen LogP contribution in [-0.4, -0.2) is 35.5 Å². The smallest absolute Gasteiger partial charge is 0.326 e. The van der Waals surface area contributed by atoms with E-state index < -0.39 is 23.8 Å². The molecule has 0 spiro atoms. The number of nitrogens with one attached hydrogen (secondary N) is 2. The van der Waals surface area contributed by atoms with Crippen LogP contribution in [0.2, 0.25) is 0 Å². The quantitative estimate of drug-likeness (QED) is 0.602. The zero-order valence-corrected chi connectivity index (χ0v) is 10.8. The van der Waals surface area contributed by atoms with Crippen molar-refractivity contribution in [2.24, 2.45) is 0 Å². The molecular formula is C13H16N2O5. The van der Waals surface area contributed by atoms with Crippen LogP contribution in [0.1, 0.15) is 23.4 Å². The topological polar surface area (TPSA) is 109 Å². The molecule has 1 aromatic heterocycles. The predicted octanol–water partition coefficient (Wildman–Crippen LogP) is 0.545. The highest BCUT2D eigenvalue weighted by atomic mass is 16.4. The first-order chi connectivity index (χ1) is 9.54. The van der Waals surface area contributed by atoms with Crippen molar-refractivity contribution in [3.05, 3.63) is 36.8 Å². The molecule has 1 atom stereocenters. The number of carbonyl (C=O) groups excluding carboxylic acids is 2. The molecule has 1 heterocycles. The largest absolute Gasteiger partial charge is 0.480 e. The molecule has 0 aliphatic rings. The monoisotopic (exact) mass is 280 g/mol. The Bertz CT molecular complexity index is 481. The number of hydrogen-bond acceptors (Lipinski definition) is 4. The molecule has 0 aromatic carbocycles. The van der Waals surface area contributed by atoms with Crippen LogP contribution in [0.5, 0.6) is 0 Å². The van der Waals surface area contributed by atoms with Gasteiger partial charge in [-0.25, -0.2) is 4.79 Å². The van der Waals surface area contributed by atoms with Gasteiger partial charge in [0.05, 0.1) is 6.26 Å². The SMILES string of the molecule is C=CCC(NC(=O)CCNC(=O)c1ccco1)C(=O)O. The number of carboxylic acids is 1. The lowest BCUT2D eigenvalue weighted by Crippen LogP contribution is -2.41. The minimum atomic E-state index is -1.13. The molecule has 0 bridgehead atoms. The van der Waals surface area contributed by atoms with E-state index in [1.807, 2.05) is 0 Å². The number of carboxylic acid groups (broad SMARTS) is 1. The molecule has 0 saturated heterocycles. The Morgan fingerprint density at radius 3 is 2.75 bits per heavy atom. The second kappa shape index (κ2) is 7.78. The van der Waals surface area contributed by atoms with Gasteiger partial charge < -0.3 is 20.2 Å². The fourth-order valence-corrected chi connectivity index (χ4v) is 1.44. The van der Waals surface area contributed by atoms with Gasteiger partial charge in [0, 0.05) is 13.0 Å². The molecule has 7 heteroatoms. The van der Waals surface area contributed by atoms with Gasteiger partial charge >= 0.3 is 5.97 Å². The maximum absolute atomic E-state index is 11.5. The number of amides is 2. The van der Waals surface area contributed by atoms with Gasteiger partial charge in [-0.1, -0.05) is 6.08 Å². The number of rotatable bonds is 8. The lowest BCUT2D eigenvalue weighted by Gasteiger charge is -2.12. The van der Waals surface area contributed by atoms with Gasteiger partial charge in [-0.15, -0.1) is 6.58 Å². The Labute approximate surface area is 115 Å². The average molecular weight is 280 g/mol. The van der Waals surface area contributed by atoms with E-state index in [9.17, 15) is 14.4 Å². The lowest BCUT2D eigenvalue weighted by atomic mass is 10.2.